The highest BCUT2D eigenvalue weighted by molar-refractivity contribution is 6.30. The van der Waals surface area contributed by atoms with Crippen molar-refractivity contribution in [2.24, 2.45) is 0 Å². The molecule has 0 spiro atoms. The first-order chi connectivity index (χ1) is 8.47. The number of amides is 1. The minimum atomic E-state index is -0.297. The average molecular weight is 267 g/mol. The highest BCUT2D eigenvalue weighted by atomic mass is 35.5. The third-order valence-electron chi connectivity index (χ3n) is 2.54. The monoisotopic (exact) mass is 266 g/mol. The molecule has 0 saturated carbocycles. The van der Waals surface area contributed by atoms with Gasteiger partial charge < -0.3 is 10.0 Å². The Morgan fingerprint density at radius 2 is 2.22 bits per heavy atom. The van der Waals surface area contributed by atoms with Crippen LogP contribution < -0.4 is 0 Å². The molecule has 1 N–H and O–H groups in total. The normalized spacial score (nSPS) is 10.2. The SMILES string of the molecule is CC(C)N(CCC#N)C(=O)c1ccc(Cl)cc1O. The number of aromatic hydroxyl groups is 1. The van der Waals surface area contributed by atoms with Gasteiger partial charge in [-0.25, -0.2) is 0 Å². The van der Waals surface area contributed by atoms with Crippen LogP contribution in [-0.2, 0) is 0 Å². The van der Waals surface area contributed by atoms with Crippen molar-refractivity contribution in [1.29, 1.82) is 5.26 Å². The van der Waals surface area contributed by atoms with Crippen molar-refractivity contribution in [1.82, 2.24) is 4.90 Å². The van der Waals surface area contributed by atoms with E-state index in [2.05, 4.69) is 0 Å². The van der Waals surface area contributed by atoms with Gasteiger partial charge in [-0.05, 0) is 32.0 Å². The molecule has 0 aliphatic carbocycles. The molecule has 0 radical (unpaired) electrons. The molecule has 1 amide bonds. The molecule has 0 aliphatic rings. The Morgan fingerprint density at radius 3 is 2.72 bits per heavy atom. The van der Waals surface area contributed by atoms with Gasteiger partial charge in [0, 0.05) is 17.6 Å². The Labute approximate surface area is 111 Å². The number of phenols is 1. The summed E-state index contributed by atoms with van der Waals surface area (Å²) in [5.41, 5.74) is 0.200. The van der Waals surface area contributed by atoms with Crippen LogP contribution in [0.15, 0.2) is 18.2 Å². The number of rotatable bonds is 4. The standard InChI is InChI=1S/C13H15ClN2O2/c1-9(2)16(7-3-6-15)13(18)11-5-4-10(14)8-12(11)17/h4-5,8-9,17H,3,7H2,1-2H3. The van der Waals surface area contributed by atoms with Gasteiger partial charge in [0.05, 0.1) is 18.1 Å². The van der Waals surface area contributed by atoms with Crippen molar-refractivity contribution in [3.8, 4) is 11.8 Å². The second-order valence-corrected chi connectivity index (χ2v) is 4.60. The van der Waals surface area contributed by atoms with Gasteiger partial charge in [-0.1, -0.05) is 11.6 Å². The van der Waals surface area contributed by atoms with Crippen LogP contribution in [0.5, 0.6) is 5.75 Å². The lowest BCUT2D eigenvalue weighted by Gasteiger charge is -2.26. The number of carbonyl (C=O) groups is 1. The molecule has 18 heavy (non-hydrogen) atoms. The fourth-order valence-corrected chi connectivity index (χ4v) is 1.77. The van der Waals surface area contributed by atoms with E-state index in [0.717, 1.165) is 0 Å². The molecule has 0 saturated heterocycles. The van der Waals surface area contributed by atoms with Gasteiger partial charge in [0.1, 0.15) is 5.75 Å². The highest BCUT2D eigenvalue weighted by Gasteiger charge is 2.21. The minimum absolute atomic E-state index is 0.0408. The molecule has 0 unspecified atom stereocenters. The van der Waals surface area contributed by atoms with Crippen molar-refractivity contribution in [3.63, 3.8) is 0 Å². The number of carbonyl (C=O) groups excluding carboxylic acids is 1. The smallest absolute Gasteiger partial charge is 0.257 e. The van der Waals surface area contributed by atoms with Crippen LogP contribution in [0.4, 0.5) is 0 Å². The van der Waals surface area contributed by atoms with Crippen LogP contribution >= 0.6 is 11.6 Å². The topological polar surface area (TPSA) is 64.3 Å². The van der Waals surface area contributed by atoms with Gasteiger partial charge >= 0.3 is 0 Å². The van der Waals surface area contributed by atoms with Crippen molar-refractivity contribution < 1.29 is 9.90 Å². The zero-order valence-corrected chi connectivity index (χ0v) is 11.1. The summed E-state index contributed by atoms with van der Waals surface area (Å²) in [7, 11) is 0. The van der Waals surface area contributed by atoms with E-state index in [4.69, 9.17) is 16.9 Å². The zero-order valence-electron chi connectivity index (χ0n) is 10.4. The maximum Gasteiger partial charge on any atom is 0.257 e. The summed E-state index contributed by atoms with van der Waals surface area (Å²) in [6.45, 7) is 4.07. The Bertz CT molecular complexity index is 480. The Balaban J connectivity index is 2.99. The van der Waals surface area contributed by atoms with Crippen molar-refractivity contribution >= 4 is 17.5 Å². The van der Waals surface area contributed by atoms with Crippen LogP contribution in [0.1, 0.15) is 30.6 Å². The minimum Gasteiger partial charge on any atom is -0.507 e. The molecule has 0 aliphatic heterocycles. The van der Waals surface area contributed by atoms with E-state index in [-0.39, 0.29) is 29.7 Å². The summed E-state index contributed by atoms with van der Waals surface area (Å²) in [6, 6.07) is 6.34. The summed E-state index contributed by atoms with van der Waals surface area (Å²) in [5.74, 6) is -0.440. The zero-order chi connectivity index (χ0) is 13.7. The predicted molar refractivity (Wildman–Crippen MR) is 69.5 cm³/mol. The summed E-state index contributed by atoms with van der Waals surface area (Å²) in [5, 5.41) is 18.7. The van der Waals surface area contributed by atoms with Crippen LogP contribution in [0.25, 0.3) is 0 Å². The maximum absolute atomic E-state index is 12.2. The van der Waals surface area contributed by atoms with E-state index >= 15 is 0 Å². The van der Waals surface area contributed by atoms with Crippen LogP contribution in [0.3, 0.4) is 0 Å². The second kappa shape index (κ2) is 6.27. The van der Waals surface area contributed by atoms with E-state index < -0.39 is 0 Å². The Kier molecular flexibility index (Phi) is 4.99. The van der Waals surface area contributed by atoms with E-state index in [9.17, 15) is 9.90 Å². The number of halogens is 1. The van der Waals surface area contributed by atoms with E-state index in [1.807, 2.05) is 19.9 Å². The van der Waals surface area contributed by atoms with Gasteiger partial charge in [0.15, 0.2) is 0 Å². The van der Waals surface area contributed by atoms with Crippen LogP contribution in [-0.4, -0.2) is 28.5 Å². The number of hydrogen-bond donors (Lipinski definition) is 1. The number of hydrogen-bond acceptors (Lipinski definition) is 3. The van der Waals surface area contributed by atoms with Gasteiger partial charge in [-0.15, -0.1) is 0 Å². The molecule has 0 aromatic heterocycles. The quantitative estimate of drug-likeness (QED) is 0.911. The lowest BCUT2D eigenvalue weighted by molar-refractivity contribution is 0.0707. The molecule has 1 aromatic carbocycles. The first-order valence-corrected chi connectivity index (χ1v) is 6.01. The highest BCUT2D eigenvalue weighted by Crippen LogP contribution is 2.23. The predicted octanol–water partition coefficient (Wildman–Crippen LogP) is 2.81. The molecular formula is C13H15ClN2O2. The maximum atomic E-state index is 12.2. The number of benzene rings is 1. The fourth-order valence-electron chi connectivity index (χ4n) is 1.61. The molecular weight excluding hydrogens is 252 g/mol. The molecule has 0 fully saturated rings. The van der Waals surface area contributed by atoms with E-state index in [0.29, 0.717) is 11.6 Å². The summed E-state index contributed by atoms with van der Waals surface area (Å²) in [4.78, 5) is 13.8. The first-order valence-electron chi connectivity index (χ1n) is 5.63. The van der Waals surface area contributed by atoms with Gasteiger partial charge in [0.25, 0.3) is 5.91 Å². The van der Waals surface area contributed by atoms with Gasteiger partial charge in [0.2, 0.25) is 0 Å². The van der Waals surface area contributed by atoms with Crippen molar-refractivity contribution in [2.45, 2.75) is 26.3 Å². The molecule has 4 nitrogen and oxygen atoms in total. The number of phenolic OH excluding ortho intramolecular Hbond substituents is 1. The van der Waals surface area contributed by atoms with Gasteiger partial charge in [-0.3, -0.25) is 4.79 Å². The second-order valence-electron chi connectivity index (χ2n) is 4.16. The lowest BCUT2D eigenvalue weighted by atomic mass is 10.1. The first kappa shape index (κ1) is 14.3. The van der Waals surface area contributed by atoms with Crippen LogP contribution in [0, 0.1) is 11.3 Å². The van der Waals surface area contributed by atoms with Gasteiger partial charge in [-0.2, -0.15) is 5.26 Å². The molecule has 5 heteroatoms. The molecule has 96 valence electrons. The largest absolute Gasteiger partial charge is 0.507 e. The summed E-state index contributed by atoms with van der Waals surface area (Å²) >= 11 is 5.72. The Hall–Kier alpha value is -1.73. The molecule has 0 bridgehead atoms. The van der Waals surface area contributed by atoms with Crippen molar-refractivity contribution in [3.05, 3.63) is 28.8 Å². The third kappa shape index (κ3) is 3.38. The molecule has 1 aromatic rings. The number of nitriles is 1. The summed E-state index contributed by atoms with van der Waals surface area (Å²) < 4.78 is 0. The molecule has 1 rings (SSSR count). The Morgan fingerprint density at radius 1 is 1.56 bits per heavy atom. The average Bonchev–Trinajstić information content (AvgIpc) is 2.28. The fraction of sp³-hybridized carbons (Fsp3) is 0.385. The van der Waals surface area contributed by atoms with Crippen LogP contribution in [0.2, 0.25) is 5.02 Å². The molecule has 0 heterocycles. The summed E-state index contributed by atoms with van der Waals surface area (Å²) in [6.07, 6.45) is 0.262. The molecule has 0 atom stereocenters. The van der Waals surface area contributed by atoms with Crippen molar-refractivity contribution in [2.75, 3.05) is 6.54 Å². The lowest BCUT2D eigenvalue weighted by Crippen LogP contribution is -2.37. The van der Waals surface area contributed by atoms with E-state index in [1.54, 1.807) is 11.0 Å². The van der Waals surface area contributed by atoms with E-state index in [1.165, 1.54) is 12.1 Å². The third-order valence-corrected chi connectivity index (χ3v) is 2.77. The number of nitrogens with zero attached hydrogens (tertiary/aromatic N) is 2.